The van der Waals surface area contributed by atoms with E-state index in [2.05, 4.69) is 5.32 Å². The SMILES string of the molecule is CNC(=O)[C@@H](C)N(Cc1ccc(C)cc1)C(=O)CN(c1ccc(OC)c(Cl)c1)S(C)(=O)=O. The van der Waals surface area contributed by atoms with Crippen LogP contribution >= 0.6 is 11.6 Å². The Morgan fingerprint density at radius 1 is 1.16 bits per heavy atom. The normalized spacial score (nSPS) is 12.1. The predicted octanol–water partition coefficient (Wildman–Crippen LogP) is 2.59. The number of benzene rings is 2. The van der Waals surface area contributed by atoms with Crippen LogP contribution in [0.2, 0.25) is 5.02 Å². The fourth-order valence-corrected chi connectivity index (χ4v) is 4.20. The molecular weight excluding hydrogens is 454 g/mol. The van der Waals surface area contributed by atoms with Gasteiger partial charge in [-0.2, -0.15) is 0 Å². The van der Waals surface area contributed by atoms with Crippen LogP contribution in [0.15, 0.2) is 42.5 Å². The van der Waals surface area contributed by atoms with Gasteiger partial charge in [0.25, 0.3) is 0 Å². The lowest BCUT2D eigenvalue weighted by Gasteiger charge is -2.31. The molecule has 0 fully saturated rings. The first-order valence-electron chi connectivity index (χ1n) is 9.85. The molecule has 2 aromatic rings. The molecule has 0 heterocycles. The van der Waals surface area contributed by atoms with Crippen molar-refractivity contribution < 1.29 is 22.7 Å². The fourth-order valence-electron chi connectivity index (χ4n) is 3.11. The molecule has 174 valence electrons. The van der Waals surface area contributed by atoms with E-state index in [4.69, 9.17) is 16.3 Å². The lowest BCUT2D eigenvalue weighted by atomic mass is 10.1. The maximum absolute atomic E-state index is 13.3. The smallest absolute Gasteiger partial charge is 0.244 e. The van der Waals surface area contributed by atoms with Crippen molar-refractivity contribution in [2.45, 2.75) is 26.4 Å². The van der Waals surface area contributed by atoms with E-state index in [1.165, 1.54) is 37.3 Å². The number of hydrogen-bond acceptors (Lipinski definition) is 5. The first-order valence-corrected chi connectivity index (χ1v) is 12.1. The summed E-state index contributed by atoms with van der Waals surface area (Å²) in [5, 5.41) is 2.74. The summed E-state index contributed by atoms with van der Waals surface area (Å²) >= 11 is 6.16. The van der Waals surface area contributed by atoms with Gasteiger partial charge in [0.2, 0.25) is 21.8 Å². The number of nitrogens with one attached hydrogen (secondary N) is 1. The number of likely N-dealkylation sites (N-methyl/N-ethyl adjacent to an activating group) is 1. The van der Waals surface area contributed by atoms with Gasteiger partial charge in [0.15, 0.2) is 0 Å². The Hall–Kier alpha value is -2.78. The molecule has 0 aliphatic carbocycles. The van der Waals surface area contributed by atoms with Crippen molar-refractivity contribution in [3.63, 3.8) is 0 Å². The fraction of sp³-hybridized carbons (Fsp3) is 0.364. The van der Waals surface area contributed by atoms with E-state index < -0.39 is 28.5 Å². The summed E-state index contributed by atoms with van der Waals surface area (Å²) in [4.78, 5) is 27.0. The third-order valence-electron chi connectivity index (χ3n) is 4.99. The highest BCUT2D eigenvalue weighted by Crippen LogP contribution is 2.30. The Morgan fingerprint density at radius 3 is 2.28 bits per heavy atom. The van der Waals surface area contributed by atoms with Crippen LogP contribution in [0.25, 0.3) is 0 Å². The number of carbonyl (C=O) groups excluding carboxylic acids is 2. The number of rotatable bonds is 9. The van der Waals surface area contributed by atoms with Crippen LogP contribution in [0.1, 0.15) is 18.1 Å². The molecule has 2 amide bonds. The minimum Gasteiger partial charge on any atom is -0.495 e. The maximum atomic E-state index is 13.3. The van der Waals surface area contributed by atoms with Gasteiger partial charge in [0.05, 0.1) is 24.1 Å². The number of halogens is 1. The molecule has 0 saturated heterocycles. The quantitative estimate of drug-likeness (QED) is 0.594. The summed E-state index contributed by atoms with van der Waals surface area (Å²) in [6.07, 6.45) is 1.00. The second-order valence-corrected chi connectivity index (χ2v) is 9.70. The Bertz CT molecular complexity index is 1070. The summed E-state index contributed by atoms with van der Waals surface area (Å²) in [6.45, 7) is 3.20. The molecule has 1 N–H and O–H groups in total. The number of nitrogens with zero attached hydrogens (tertiary/aromatic N) is 2. The van der Waals surface area contributed by atoms with Crippen molar-refractivity contribution in [2.75, 3.05) is 31.3 Å². The van der Waals surface area contributed by atoms with Gasteiger partial charge in [0.1, 0.15) is 18.3 Å². The number of carbonyl (C=O) groups is 2. The number of hydrogen-bond donors (Lipinski definition) is 1. The zero-order valence-corrected chi connectivity index (χ0v) is 20.3. The van der Waals surface area contributed by atoms with Gasteiger partial charge in [0, 0.05) is 13.6 Å². The average molecular weight is 482 g/mol. The van der Waals surface area contributed by atoms with E-state index in [1.807, 2.05) is 31.2 Å². The molecule has 0 bridgehead atoms. The van der Waals surface area contributed by atoms with Gasteiger partial charge in [-0.25, -0.2) is 8.42 Å². The summed E-state index contributed by atoms with van der Waals surface area (Å²) < 4.78 is 31.1. The average Bonchev–Trinajstić information content (AvgIpc) is 2.75. The number of anilines is 1. The molecule has 0 saturated carbocycles. The van der Waals surface area contributed by atoms with E-state index in [0.717, 1.165) is 21.7 Å². The van der Waals surface area contributed by atoms with Crippen molar-refractivity contribution in [3.05, 3.63) is 58.6 Å². The zero-order valence-electron chi connectivity index (χ0n) is 18.8. The monoisotopic (exact) mass is 481 g/mol. The van der Waals surface area contributed by atoms with Crippen LogP contribution in [0.5, 0.6) is 5.75 Å². The molecule has 8 nitrogen and oxygen atoms in total. The van der Waals surface area contributed by atoms with Crippen molar-refractivity contribution in [3.8, 4) is 5.75 Å². The minimum atomic E-state index is -3.83. The molecule has 0 aliphatic rings. The van der Waals surface area contributed by atoms with Crippen LogP contribution in [-0.2, 0) is 26.2 Å². The summed E-state index contributed by atoms with van der Waals surface area (Å²) in [6, 6.07) is 11.2. The summed E-state index contributed by atoms with van der Waals surface area (Å²) in [7, 11) is -0.899. The van der Waals surface area contributed by atoms with Crippen molar-refractivity contribution in [1.82, 2.24) is 10.2 Å². The number of aryl methyl sites for hydroxylation is 1. The van der Waals surface area contributed by atoms with Crippen molar-refractivity contribution >= 4 is 39.1 Å². The Balaban J connectivity index is 2.39. The molecule has 2 aromatic carbocycles. The Labute approximate surface area is 194 Å². The van der Waals surface area contributed by atoms with Gasteiger partial charge < -0.3 is 15.0 Å². The third kappa shape index (κ3) is 6.37. The van der Waals surface area contributed by atoms with Gasteiger partial charge in [-0.3, -0.25) is 13.9 Å². The maximum Gasteiger partial charge on any atom is 0.244 e. The first-order chi connectivity index (χ1) is 15.0. The predicted molar refractivity (Wildman–Crippen MR) is 125 cm³/mol. The number of sulfonamides is 1. The number of ether oxygens (including phenoxy) is 1. The van der Waals surface area contributed by atoms with Crippen molar-refractivity contribution in [2.24, 2.45) is 0 Å². The number of methoxy groups -OCH3 is 1. The molecule has 10 heteroatoms. The lowest BCUT2D eigenvalue weighted by Crippen LogP contribution is -2.50. The molecule has 0 radical (unpaired) electrons. The second kappa shape index (κ2) is 10.7. The van der Waals surface area contributed by atoms with Gasteiger partial charge >= 0.3 is 0 Å². The molecule has 0 aromatic heterocycles. The third-order valence-corrected chi connectivity index (χ3v) is 6.43. The largest absolute Gasteiger partial charge is 0.495 e. The van der Waals surface area contributed by atoms with Crippen LogP contribution in [0.4, 0.5) is 5.69 Å². The molecule has 0 spiro atoms. The van der Waals surface area contributed by atoms with Crippen LogP contribution in [0.3, 0.4) is 0 Å². The Morgan fingerprint density at radius 2 is 1.78 bits per heavy atom. The summed E-state index contributed by atoms with van der Waals surface area (Å²) in [5.74, 6) is -0.507. The highest BCUT2D eigenvalue weighted by atomic mass is 35.5. The standard InChI is InChI=1S/C22H28ClN3O5S/c1-15-6-8-17(9-7-15)13-25(16(2)22(28)24-3)21(27)14-26(32(5,29)30)18-10-11-20(31-4)19(23)12-18/h6-12,16H,13-14H2,1-5H3,(H,24,28)/t16-/m1/s1. The molecular formula is C22H28ClN3O5S. The van der Waals surface area contributed by atoms with Gasteiger partial charge in [-0.1, -0.05) is 41.4 Å². The second-order valence-electron chi connectivity index (χ2n) is 7.39. The van der Waals surface area contributed by atoms with Crippen molar-refractivity contribution in [1.29, 1.82) is 0 Å². The highest BCUT2D eigenvalue weighted by molar-refractivity contribution is 7.92. The van der Waals surface area contributed by atoms with E-state index >= 15 is 0 Å². The van der Waals surface area contributed by atoms with Crippen LogP contribution < -0.4 is 14.4 Å². The summed E-state index contributed by atoms with van der Waals surface area (Å²) in [5.41, 5.74) is 2.10. The molecule has 32 heavy (non-hydrogen) atoms. The molecule has 0 aliphatic heterocycles. The highest BCUT2D eigenvalue weighted by Gasteiger charge is 2.30. The van der Waals surface area contributed by atoms with E-state index in [0.29, 0.717) is 5.75 Å². The lowest BCUT2D eigenvalue weighted by molar-refractivity contribution is -0.139. The topological polar surface area (TPSA) is 96.0 Å². The molecule has 2 rings (SSSR count). The molecule has 1 atom stereocenters. The van der Waals surface area contributed by atoms with E-state index in [9.17, 15) is 18.0 Å². The Kier molecular flexibility index (Phi) is 8.51. The van der Waals surface area contributed by atoms with Gasteiger partial charge in [-0.15, -0.1) is 0 Å². The van der Waals surface area contributed by atoms with Crippen LogP contribution in [0, 0.1) is 6.92 Å². The van der Waals surface area contributed by atoms with E-state index in [1.54, 1.807) is 6.92 Å². The van der Waals surface area contributed by atoms with E-state index in [-0.39, 0.29) is 23.2 Å². The van der Waals surface area contributed by atoms with Crippen LogP contribution in [-0.4, -0.2) is 58.1 Å². The first kappa shape index (κ1) is 25.5. The van der Waals surface area contributed by atoms with Gasteiger partial charge in [-0.05, 0) is 37.6 Å². The zero-order chi connectivity index (χ0) is 24.1. The minimum absolute atomic E-state index is 0.147. The molecule has 0 unspecified atom stereocenters. The number of amides is 2.